The molecule has 2 aromatic carbocycles. The lowest BCUT2D eigenvalue weighted by molar-refractivity contribution is 0.102. The zero-order valence-electron chi connectivity index (χ0n) is 16.0. The summed E-state index contributed by atoms with van der Waals surface area (Å²) in [5, 5.41) is 6.05. The number of carbonyl (C=O) groups excluding carboxylic acids is 1. The minimum absolute atomic E-state index is 0.267. The number of carbonyl (C=O) groups is 1. The summed E-state index contributed by atoms with van der Waals surface area (Å²) in [6.45, 7) is 2.04. The first-order valence-corrected chi connectivity index (χ1v) is 8.85. The summed E-state index contributed by atoms with van der Waals surface area (Å²) in [6, 6.07) is 14.7. The van der Waals surface area contributed by atoms with Crippen LogP contribution in [-0.4, -0.2) is 30.1 Å². The number of aromatic nitrogens is 2. The number of ether oxygens (including phenoxy) is 2. The lowest BCUT2D eigenvalue weighted by atomic mass is 10.1. The van der Waals surface area contributed by atoms with Gasteiger partial charge in [-0.15, -0.1) is 0 Å². The molecule has 0 unspecified atom stereocenters. The highest BCUT2D eigenvalue weighted by Crippen LogP contribution is 2.30. The quantitative estimate of drug-likeness (QED) is 0.645. The summed E-state index contributed by atoms with van der Waals surface area (Å²) in [5.41, 5.74) is 2.86. The zero-order chi connectivity index (χ0) is 19.9. The number of hydrogen-bond acceptors (Lipinski definition) is 6. The fourth-order valence-electron chi connectivity index (χ4n) is 2.75. The molecular formula is C21H22N4O3. The van der Waals surface area contributed by atoms with Crippen molar-refractivity contribution in [3.05, 3.63) is 66.1 Å². The molecule has 3 aromatic rings. The number of amides is 1. The summed E-state index contributed by atoms with van der Waals surface area (Å²) in [7, 11) is 3.15. The van der Waals surface area contributed by atoms with Crippen molar-refractivity contribution in [2.45, 2.75) is 13.3 Å². The zero-order valence-corrected chi connectivity index (χ0v) is 16.0. The van der Waals surface area contributed by atoms with Gasteiger partial charge in [0.15, 0.2) is 11.5 Å². The molecule has 0 saturated carbocycles. The van der Waals surface area contributed by atoms with Crippen LogP contribution in [0.5, 0.6) is 11.5 Å². The molecule has 0 fully saturated rings. The van der Waals surface area contributed by atoms with Crippen molar-refractivity contribution < 1.29 is 14.3 Å². The van der Waals surface area contributed by atoms with Crippen LogP contribution in [0, 0.1) is 0 Å². The second kappa shape index (κ2) is 8.85. The molecule has 1 aromatic heterocycles. The monoisotopic (exact) mass is 378 g/mol. The van der Waals surface area contributed by atoms with Crippen LogP contribution in [0.15, 0.2) is 54.9 Å². The van der Waals surface area contributed by atoms with Crippen LogP contribution in [-0.2, 0) is 6.42 Å². The maximum absolute atomic E-state index is 12.6. The molecular weight excluding hydrogens is 356 g/mol. The van der Waals surface area contributed by atoms with Crippen molar-refractivity contribution in [3.63, 3.8) is 0 Å². The molecule has 0 aliphatic heterocycles. The van der Waals surface area contributed by atoms with E-state index in [2.05, 4.69) is 20.6 Å². The van der Waals surface area contributed by atoms with Crippen LogP contribution in [0.4, 0.5) is 17.2 Å². The van der Waals surface area contributed by atoms with Gasteiger partial charge in [0.05, 0.1) is 14.2 Å². The topological polar surface area (TPSA) is 85.4 Å². The molecule has 28 heavy (non-hydrogen) atoms. The van der Waals surface area contributed by atoms with Gasteiger partial charge >= 0.3 is 0 Å². The SMILES string of the molecule is CCc1ccccc1NC(=O)c1cc(Nc2ccc(OC)c(OC)c2)ncn1. The summed E-state index contributed by atoms with van der Waals surface area (Å²) < 4.78 is 10.5. The van der Waals surface area contributed by atoms with E-state index in [9.17, 15) is 4.79 Å². The normalized spacial score (nSPS) is 10.2. The average molecular weight is 378 g/mol. The Hall–Kier alpha value is -3.61. The van der Waals surface area contributed by atoms with E-state index >= 15 is 0 Å². The molecule has 3 rings (SSSR count). The van der Waals surface area contributed by atoms with E-state index in [4.69, 9.17) is 9.47 Å². The molecule has 7 heteroatoms. The molecule has 2 N–H and O–H groups in total. The highest BCUT2D eigenvalue weighted by atomic mass is 16.5. The predicted molar refractivity (Wildman–Crippen MR) is 109 cm³/mol. The van der Waals surface area contributed by atoms with Gasteiger partial charge in [0.1, 0.15) is 17.8 Å². The minimum Gasteiger partial charge on any atom is -0.493 e. The van der Waals surface area contributed by atoms with E-state index in [0.29, 0.717) is 17.3 Å². The molecule has 0 bridgehead atoms. The Labute approximate surface area is 163 Å². The molecule has 7 nitrogen and oxygen atoms in total. The fraction of sp³-hybridized carbons (Fsp3) is 0.190. The first-order valence-electron chi connectivity index (χ1n) is 8.85. The molecule has 0 spiro atoms. The summed E-state index contributed by atoms with van der Waals surface area (Å²) >= 11 is 0. The highest BCUT2D eigenvalue weighted by Gasteiger charge is 2.12. The van der Waals surface area contributed by atoms with Gasteiger partial charge in [-0.2, -0.15) is 0 Å². The van der Waals surface area contributed by atoms with Gasteiger partial charge in [0, 0.05) is 23.5 Å². The van der Waals surface area contributed by atoms with Crippen LogP contribution in [0.1, 0.15) is 23.0 Å². The number of nitrogens with one attached hydrogen (secondary N) is 2. The third-order valence-electron chi connectivity index (χ3n) is 4.20. The molecule has 144 valence electrons. The van der Waals surface area contributed by atoms with Crippen LogP contribution in [0.2, 0.25) is 0 Å². The Morgan fingerprint density at radius 2 is 1.79 bits per heavy atom. The summed E-state index contributed by atoms with van der Waals surface area (Å²) in [4.78, 5) is 20.9. The number of aryl methyl sites for hydroxylation is 1. The van der Waals surface area contributed by atoms with E-state index in [1.807, 2.05) is 37.3 Å². The number of rotatable bonds is 7. The van der Waals surface area contributed by atoms with Gasteiger partial charge in [-0.1, -0.05) is 25.1 Å². The number of para-hydroxylation sites is 1. The molecule has 1 amide bonds. The lowest BCUT2D eigenvalue weighted by Crippen LogP contribution is -2.15. The van der Waals surface area contributed by atoms with Crippen molar-refractivity contribution in [1.82, 2.24) is 9.97 Å². The lowest BCUT2D eigenvalue weighted by Gasteiger charge is -2.12. The smallest absolute Gasteiger partial charge is 0.274 e. The number of hydrogen-bond donors (Lipinski definition) is 2. The maximum Gasteiger partial charge on any atom is 0.274 e. The largest absolute Gasteiger partial charge is 0.493 e. The molecule has 0 radical (unpaired) electrons. The van der Waals surface area contributed by atoms with Crippen LogP contribution in [0.3, 0.4) is 0 Å². The van der Waals surface area contributed by atoms with E-state index in [0.717, 1.165) is 23.4 Å². The van der Waals surface area contributed by atoms with Crippen LogP contribution >= 0.6 is 0 Å². The van der Waals surface area contributed by atoms with Gasteiger partial charge in [0.2, 0.25) is 0 Å². The first-order chi connectivity index (χ1) is 13.6. The van der Waals surface area contributed by atoms with Crippen molar-refractivity contribution in [2.75, 3.05) is 24.9 Å². The molecule has 0 saturated heterocycles. The van der Waals surface area contributed by atoms with E-state index < -0.39 is 0 Å². The van der Waals surface area contributed by atoms with Gasteiger partial charge in [-0.05, 0) is 30.2 Å². The third-order valence-corrected chi connectivity index (χ3v) is 4.20. The Bertz CT molecular complexity index is 975. The Morgan fingerprint density at radius 3 is 2.54 bits per heavy atom. The predicted octanol–water partition coefficient (Wildman–Crippen LogP) is 4.05. The van der Waals surface area contributed by atoms with Crippen LogP contribution < -0.4 is 20.1 Å². The number of methoxy groups -OCH3 is 2. The summed E-state index contributed by atoms with van der Waals surface area (Å²) in [6.07, 6.45) is 2.18. The third kappa shape index (κ3) is 4.37. The summed E-state index contributed by atoms with van der Waals surface area (Å²) in [5.74, 6) is 1.43. The average Bonchev–Trinajstić information content (AvgIpc) is 2.74. The number of nitrogens with zero attached hydrogens (tertiary/aromatic N) is 2. The van der Waals surface area contributed by atoms with Crippen molar-refractivity contribution in [3.8, 4) is 11.5 Å². The Kier molecular flexibility index (Phi) is 6.06. The Morgan fingerprint density at radius 1 is 1.00 bits per heavy atom. The second-order valence-electron chi connectivity index (χ2n) is 5.95. The standard InChI is InChI=1S/C21H22N4O3/c1-4-14-7-5-6-8-16(14)25-21(26)17-12-20(23-13-22-17)24-15-9-10-18(27-2)19(11-15)28-3/h5-13H,4H2,1-3H3,(H,25,26)(H,22,23,24). The van der Waals surface area contributed by atoms with Crippen molar-refractivity contribution in [1.29, 1.82) is 0 Å². The second-order valence-corrected chi connectivity index (χ2v) is 5.95. The van der Waals surface area contributed by atoms with E-state index in [1.54, 1.807) is 32.4 Å². The van der Waals surface area contributed by atoms with Crippen LogP contribution in [0.25, 0.3) is 0 Å². The van der Waals surface area contributed by atoms with E-state index in [-0.39, 0.29) is 11.6 Å². The van der Waals surface area contributed by atoms with Crippen molar-refractivity contribution in [2.24, 2.45) is 0 Å². The molecule has 0 aliphatic rings. The van der Waals surface area contributed by atoms with Crippen molar-refractivity contribution >= 4 is 23.1 Å². The highest BCUT2D eigenvalue weighted by molar-refractivity contribution is 6.03. The maximum atomic E-state index is 12.6. The minimum atomic E-state index is -0.293. The fourth-order valence-corrected chi connectivity index (χ4v) is 2.75. The Balaban J connectivity index is 1.77. The number of benzene rings is 2. The molecule has 0 atom stereocenters. The number of anilines is 3. The van der Waals surface area contributed by atoms with Gasteiger partial charge in [0.25, 0.3) is 5.91 Å². The molecule has 0 aliphatic carbocycles. The first kappa shape index (κ1) is 19.2. The van der Waals surface area contributed by atoms with Gasteiger partial charge in [-0.3, -0.25) is 4.79 Å². The molecule has 1 heterocycles. The van der Waals surface area contributed by atoms with Gasteiger partial charge in [-0.25, -0.2) is 9.97 Å². The van der Waals surface area contributed by atoms with E-state index in [1.165, 1.54) is 6.33 Å². The van der Waals surface area contributed by atoms with Gasteiger partial charge < -0.3 is 20.1 Å².